The van der Waals surface area contributed by atoms with Crippen LogP contribution in [0.2, 0.25) is 0 Å². The fourth-order valence-electron chi connectivity index (χ4n) is 1.48. The summed E-state index contributed by atoms with van der Waals surface area (Å²) < 4.78 is 4.55. The highest BCUT2D eigenvalue weighted by Gasteiger charge is 2.17. The molecule has 0 N–H and O–H groups in total. The molecule has 1 aromatic rings. The quantitative estimate of drug-likeness (QED) is 0.359. The largest absolute Gasteiger partial charge is 0.469 e. The number of hydrogen-bond acceptors (Lipinski definition) is 4. The molecule has 0 heterocycles. The Hall–Kier alpha value is -1.62. The zero-order valence-electron chi connectivity index (χ0n) is 9.53. The van der Waals surface area contributed by atoms with Gasteiger partial charge in [-0.1, -0.05) is 0 Å². The summed E-state index contributed by atoms with van der Waals surface area (Å²) in [5, 5.41) is 10.8. The van der Waals surface area contributed by atoms with Crippen LogP contribution in [-0.2, 0) is 21.8 Å². The minimum atomic E-state index is -0.480. The molecule has 0 radical (unpaired) electrons. The normalized spacial score (nSPS) is 10.1. The molecule has 6 heteroatoms. The minimum Gasteiger partial charge on any atom is -0.469 e. The number of halogens is 1. The first-order chi connectivity index (χ1) is 7.99. The zero-order chi connectivity index (χ0) is 13.0. The monoisotopic (exact) mass is 257 g/mol. The number of ether oxygens (including phenoxy) is 1. The van der Waals surface area contributed by atoms with Crippen molar-refractivity contribution in [3.8, 4) is 0 Å². The van der Waals surface area contributed by atoms with Crippen LogP contribution >= 0.6 is 11.6 Å². The molecule has 0 unspecified atom stereocenters. The second-order valence-electron chi connectivity index (χ2n) is 3.55. The van der Waals surface area contributed by atoms with Gasteiger partial charge in [-0.05, 0) is 24.1 Å². The van der Waals surface area contributed by atoms with Crippen LogP contribution < -0.4 is 0 Å². The minimum absolute atomic E-state index is 0.0221. The smallest absolute Gasteiger partial charge is 0.309 e. The molecule has 0 aliphatic carbocycles. The van der Waals surface area contributed by atoms with E-state index in [2.05, 4.69) is 4.74 Å². The number of carbonyl (C=O) groups excluding carboxylic acids is 1. The predicted octanol–water partition coefficient (Wildman–Crippen LogP) is 2.36. The van der Waals surface area contributed by atoms with E-state index in [0.29, 0.717) is 16.7 Å². The molecule has 1 aromatic carbocycles. The van der Waals surface area contributed by atoms with E-state index in [1.54, 1.807) is 13.0 Å². The molecular weight excluding hydrogens is 246 g/mol. The molecule has 0 spiro atoms. The van der Waals surface area contributed by atoms with Crippen molar-refractivity contribution in [3.05, 3.63) is 38.9 Å². The van der Waals surface area contributed by atoms with Crippen LogP contribution in [0.5, 0.6) is 0 Å². The number of methoxy groups -OCH3 is 1. The van der Waals surface area contributed by atoms with Gasteiger partial charge in [0.2, 0.25) is 0 Å². The Bertz CT molecular complexity index is 459. The third-order valence-electron chi connectivity index (χ3n) is 2.44. The summed E-state index contributed by atoms with van der Waals surface area (Å²) in [6.45, 7) is 1.71. The Kier molecular flexibility index (Phi) is 4.45. The first-order valence-electron chi connectivity index (χ1n) is 4.89. The Labute approximate surface area is 103 Å². The number of aryl methyl sites for hydroxylation is 1. The van der Waals surface area contributed by atoms with Crippen LogP contribution in [0.1, 0.15) is 16.7 Å². The van der Waals surface area contributed by atoms with Crippen molar-refractivity contribution in [2.75, 3.05) is 7.11 Å². The van der Waals surface area contributed by atoms with Crippen LogP contribution in [-0.4, -0.2) is 18.0 Å². The molecule has 0 amide bonds. The van der Waals surface area contributed by atoms with E-state index >= 15 is 0 Å². The van der Waals surface area contributed by atoms with E-state index in [4.69, 9.17) is 11.6 Å². The van der Waals surface area contributed by atoms with Crippen molar-refractivity contribution in [2.45, 2.75) is 19.2 Å². The molecule has 0 saturated carbocycles. The maximum atomic E-state index is 11.2. The lowest BCUT2D eigenvalue weighted by atomic mass is 10.0. The standard InChI is InChI=1S/C11H12ClNO4/c1-7-3-10(13(15)16)9(6-12)4-8(7)5-11(14)17-2/h3-4H,5-6H2,1-2H3. The summed E-state index contributed by atoms with van der Waals surface area (Å²) in [4.78, 5) is 21.5. The predicted molar refractivity (Wildman–Crippen MR) is 63.1 cm³/mol. The molecular formula is C11H12ClNO4. The van der Waals surface area contributed by atoms with Gasteiger partial charge in [0.1, 0.15) is 0 Å². The second-order valence-corrected chi connectivity index (χ2v) is 3.82. The Morgan fingerprint density at radius 3 is 2.59 bits per heavy atom. The molecule has 0 bridgehead atoms. The van der Waals surface area contributed by atoms with Crippen molar-refractivity contribution in [1.82, 2.24) is 0 Å². The number of hydrogen-bond donors (Lipinski definition) is 0. The highest BCUT2D eigenvalue weighted by Crippen LogP contribution is 2.25. The highest BCUT2D eigenvalue weighted by atomic mass is 35.5. The summed E-state index contributed by atoms with van der Waals surface area (Å²) >= 11 is 5.65. The average Bonchev–Trinajstić information content (AvgIpc) is 2.30. The molecule has 17 heavy (non-hydrogen) atoms. The number of nitrogens with zero attached hydrogens (tertiary/aromatic N) is 1. The number of esters is 1. The maximum absolute atomic E-state index is 11.2. The third-order valence-corrected chi connectivity index (χ3v) is 2.73. The molecule has 0 saturated heterocycles. The number of rotatable bonds is 4. The van der Waals surface area contributed by atoms with Crippen LogP contribution in [0, 0.1) is 17.0 Å². The van der Waals surface area contributed by atoms with Gasteiger partial charge in [0.25, 0.3) is 5.69 Å². The van der Waals surface area contributed by atoms with E-state index in [9.17, 15) is 14.9 Å². The van der Waals surface area contributed by atoms with Crippen LogP contribution in [0.4, 0.5) is 5.69 Å². The molecule has 1 rings (SSSR count). The fourth-order valence-corrected chi connectivity index (χ4v) is 1.70. The van der Waals surface area contributed by atoms with Crippen LogP contribution in [0.15, 0.2) is 12.1 Å². The summed E-state index contributed by atoms with van der Waals surface area (Å²) in [6.07, 6.45) is 0.0875. The highest BCUT2D eigenvalue weighted by molar-refractivity contribution is 6.17. The van der Waals surface area contributed by atoms with E-state index < -0.39 is 4.92 Å². The lowest BCUT2D eigenvalue weighted by Crippen LogP contribution is -2.07. The molecule has 92 valence electrons. The van der Waals surface area contributed by atoms with Crippen molar-refractivity contribution in [3.63, 3.8) is 0 Å². The van der Waals surface area contributed by atoms with Gasteiger partial charge < -0.3 is 4.74 Å². The maximum Gasteiger partial charge on any atom is 0.309 e. The van der Waals surface area contributed by atoms with Crippen LogP contribution in [0.3, 0.4) is 0 Å². The van der Waals surface area contributed by atoms with E-state index in [1.165, 1.54) is 13.2 Å². The number of alkyl halides is 1. The number of nitro groups is 1. The average molecular weight is 258 g/mol. The third kappa shape index (κ3) is 3.17. The van der Waals surface area contributed by atoms with Gasteiger partial charge in [-0.25, -0.2) is 0 Å². The summed E-state index contributed by atoms with van der Waals surface area (Å²) in [5.74, 6) is -0.354. The number of benzene rings is 1. The van der Waals surface area contributed by atoms with Gasteiger partial charge in [-0.15, -0.1) is 11.6 Å². The number of nitro benzene ring substituents is 1. The lowest BCUT2D eigenvalue weighted by Gasteiger charge is -2.07. The zero-order valence-corrected chi connectivity index (χ0v) is 10.3. The van der Waals surface area contributed by atoms with Gasteiger partial charge in [-0.2, -0.15) is 0 Å². The van der Waals surface area contributed by atoms with E-state index in [0.717, 1.165) is 0 Å². The summed E-state index contributed by atoms with van der Waals surface area (Å²) in [5.41, 5.74) is 1.75. The van der Waals surface area contributed by atoms with Crippen molar-refractivity contribution in [1.29, 1.82) is 0 Å². The molecule has 0 aromatic heterocycles. The van der Waals surface area contributed by atoms with Crippen molar-refractivity contribution < 1.29 is 14.5 Å². The molecule has 0 aliphatic rings. The fraction of sp³-hybridized carbons (Fsp3) is 0.364. The summed E-state index contributed by atoms with van der Waals surface area (Å²) in [7, 11) is 1.30. The Balaban J connectivity index is 3.17. The van der Waals surface area contributed by atoms with Crippen LogP contribution in [0.25, 0.3) is 0 Å². The second kappa shape index (κ2) is 5.63. The molecule has 0 fully saturated rings. The van der Waals surface area contributed by atoms with Gasteiger partial charge in [0, 0.05) is 11.6 Å². The van der Waals surface area contributed by atoms with Gasteiger partial charge in [0.05, 0.1) is 24.3 Å². The first-order valence-corrected chi connectivity index (χ1v) is 5.42. The molecule has 0 atom stereocenters. The Morgan fingerprint density at radius 1 is 1.47 bits per heavy atom. The van der Waals surface area contributed by atoms with Crippen molar-refractivity contribution in [2.24, 2.45) is 0 Å². The van der Waals surface area contributed by atoms with E-state index in [-0.39, 0.29) is 24.0 Å². The van der Waals surface area contributed by atoms with Crippen molar-refractivity contribution >= 4 is 23.3 Å². The molecule has 5 nitrogen and oxygen atoms in total. The summed E-state index contributed by atoms with van der Waals surface area (Å²) in [6, 6.07) is 3.01. The number of carbonyl (C=O) groups is 1. The lowest BCUT2D eigenvalue weighted by molar-refractivity contribution is -0.385. The SMILES string of the molecule is COC(=O)Cc1cc(CCl)c([N+](=O)[O-])cc1C. The first kappa shape index (κ1) is 13.4. The van der Waals surface area contributed by atoms with Gasteiger partial charge in [0.15, 0.2) is 0 Å². The van der Waals surface area contributed by atoms with Gasteiger partial charge in [-0.3, -0.25) is 14.9 Å². The van der Waals surface area contributed by atoms with Gasteiger partial charge >= 0.3 is 5.97 Å². The molecule has 0 aliphatic heterocycles. The Morgan fingerprint density at radius 2 is 2.12 bits per heavy atom. The topological polar surface area (TPSA) is 69.4 Å². The van der Waals surface area contributed by atoms with E-state index in [1.807, 2.05) is 0 Å².